The van der Waals surface area contributed by atoms with Gasteiger partial charge in [0.15, 0.2) is 0 Å². The maximum absolute atomic E-state index is 4.83. The Hall–Kier alpha value is -0.810. The van der Waals surface area contributed by atoms with E-state index in [0.29, 0.717) is 6.61 Å². The fourth-order valence-corrected chi connectivity index (χ4v) is 0.524. The van der Waals surface area contributed by atoms with Crippen LogP contribution in [0.15, 0.2) is 5.10 Å². The number of hydrogen-bond acceptors (Lipinski definition) is 5. The second-order valence-electron chi connectivity index (χ2n) is 1.65. The van der Waals surface area contributed by atoms with Gasteiger partial charge in [-0.25, -0.2) is 5.53 Å². The molecule has 1 rings (SSSR count). The van der Waals surface area contributed by atoms with Crippen molar-refractivity contribution in [3.05, 3.63) is 0 Å². The predicted octanol–water partition coefficient (Wildman–Crippen LogP) is -1.10. The van der Waals surface area contributed by atoms with E-state index in [0.717, 1.165) is 6.54 Å². The van der Waals surface area contributed by atoms with Crippen LogP contribution < -0.4 is 11.1 Å². The zero-order chi connectivity index (χ0) is 6.53. The molecular formula is C4H10N4O. The molecule has 52 valence electrons. The zero-order valence-electron chi connectivity index (χ0n) is 5.29. The van der Waals surface area contributed by atoms with Crippen LogP contribution in [-0.2, 0) is 4.74 Å². The first-order chi connectivity index (χ1) is 4.43. The highest BCUT2D eigenvalue weighted by molar-refractivity contribution is 5.54. The van der Waals surface area contributed by atoms with Crippen LogP contribution in [-0.4, -0.2) is 31.6 Å². The summed E-state index contributed by atoms with van der Waals surface area (Å²) in [4.78, 5) is 0. The lowest BCUT2D eigenvalue weighted by atomic mass is 10.7. The van der Waals surface area contributed by atoms with Gasteiger partial charge in [0.2, 0.25) is 0 Å². The van der Waals surface area contributed by atoms with E-state index >= 15 is 0 Å². The third-order valence-electron chi connectivity index (χ3n) is 0.992. The van der Waals surface area contributed by atoms with E-state index in [1.54, 1.807) is 18.5 Å². The Balaban J connectivity index is 2.05. The summed E-state index contributed by atoms with van der Waals surface area (Å²) in [6, 6.07) is 0. The molecule has 0 aromatic heterocycles. The minimum absolute atomic E-state index is 0.695. The molecule has 0 spiro atoms. The number of nitrogens with zero attached hydrogens (tertiary/aromatic N) is 2. The van der Waals surface area contributed by atoms with Crippen molar-refractivity contribution in [1.29, 1.82) is 0 Å². The molecule has 0 unspecified atom stereocenters. The molecule has 5 heteroatoms. The van der Waals surface area contributed by atoms with Crippen molar-refractivity contribution in [3.63, 3.8) is 0 Å². The highest BCUT2D eigenvalue weighted by atomic mass is 16.5. The van der Waals surface area contributed by atoms with E-state index in [1.807, 2.05) is 0 Å². The van der Waals surface area contributed by atoms with Gasteiger partial charge in [0.1, 0.15) is 6.34 Å². The van der Waals surface area contributed by atoms with Crippen LogP contribution in [0.4, 0.5) is 0 Å². The molecule has 5 nitrogen and oxygen atoms in total. The Morgan fingerprint density at radius 1 is 1.78 bits per heavy atom. The summed E-state index contributed by atoms with van der Waals surface area (Å²) in [5.41, 5.74) is 5.34. The van der Waals surface area contributed by atoms with Gasteiger partial charge in [-0.1, -0.05) is 0 Å². The van der Waals surface area contributed by atoms with Crippen molar-refractivity contribution in [3.8, 4) is 0 Å². The third-order valence-corrected chi connectivity index (χ3v) is 0.992. The van der Waals surface area contributed by atoms with Gasteiger partial charge >= 0.3 is 0 Å². The van der Waals surface area contributed by atoms with Gasteiger partial charge in [-0.2, -0.15) is 5.10 Å². The number of methoxy groups -OCH3 is 1. The fourth-order valence-electron chi connectivity index (χ4n) is 0.524. The SMILES string of the molecule is COCCN1C=NNN1. The van der Waals surface area contributed by atoms with Crippen molar-refractivity contribution >= 4 is 6.34 Å². The monoisotopic (exact) mass is 130 g/mol. The molecule has 0 saturated carbocycles. The standard InChI is InChI=1S/C4H10N4O/c1-9-3-2-8-4-5-6-7-8/h4,6-7H,2-3H2,1H3. The number of hydrazone groups is 1. The Morgan fingerprint density at radius 2 is 2.67 bits per heavy atom. The van der Waals surface area contributed by atoms with Crippen LogP contribution in [0.1, 0.15) is 0 Å². The summed E-state index contributed by atoms with van der Waals surface area (Å²) >= 11 is 0. The van der Waals surface area contributed by atoms with Crippen molar-refractivity contribution in [2.24, 2.45) is 5.10 Å². The lowest BCUT2D eigenvalue weighted by Crippen LogP contribution is -2.39. The minimum atomic E-state index is 0.695. The number of ether oxygens (including phenoxy) is 1. The van der Waals surface area contributed by atoms with Crippen LogP contribution in [0.5, 0.6) is 0 Å². The maximum atomic E-state index is 4.83. The van der Waals surface area contributed by atoms with Crippen LogP contribution in [0, 0.1) is 0 Å². The Labute approximate surface area is 53.6 Å². The molecule has 0 radical (unpaired) electrons. The smallest absolute Gasteiger partial charge is 0.128 e. The first-order valence-corrected chi connectivity index (χ1v) is 2.73. The van der Waals surface area contributed by atoms with Crippen molar-refractivity contribution in [1.82, 2.24) is 16.1 Å². The van der Waals surface area contributed by atoms with Crippen LogP contribution >= 0.6 is 0 Å². The molecule has 0 amide bonds. The molecule has 0 saturated heterocycles. The number of hydrogen-bond donors (Lipinski definition) is 2. The van der Waals surface area contributed by atoms with E-state index in [2.05, 4.69) is 16.2 Å². The van der Waals surface area contributed by atoms with Gasteiger partial charge in [-0.05, 0) is 0 Å². The molecule has 2 N–H and O–H groups in total. The molecule has 0 aliphatic carbocycles. The fraction of sp³-hybridized carbons (Fsp3) is 0.750. The van der Waals surface area contributed by atoms with Gasteiger partial charge in [0, 0.05) is 7.11 Å². The number of rotatable bonds is 3. The van der Waals surface area contributed by atoms with Crippen molar-refractivity contribution in [2.45, 2.75) is 0 Å². The van der Waals surface area contributed by atoms with Crippen LogP contribution in [0.25, 0.3) is 0 Å². The van der Waals surface area contributed by atoms with Gasteiger partial charge < -0.3 is 4.74 Å². The van der Waals surface area contributed by atoms with Gasteiger partial charge in [0.25, 0.3) is 0 Å². The summed E-state index contributed by atoms with van der Waals surface area (Å²) in [6.07, 6.45) is 1.67. The molecule has 1 heterocycles. The molecule has 0 bridgehead atoms. The zero-order valence-corrected chi connectivity index (χ0v) is 5.29. The molecule has 9 heavy (non-hydrogen) atoms. The van der Waals surface area contributed by atoms with E-state index in [4.69, 9.17) is 4.74 Å². The van der Waals surface area contributed by atoms with Crippen molar-refractivity contribution in [2.75, 3.05) is 20.3 Å². The van der Waals surface area contributed by atoms with Crippen LogP contribution in [0.3, 0.4) is 0 Å². The topological polar surface area (TPSA) is 48.9 Å². The van der Waals surface area contributed by atoms with Gasteiger partial charge in [0.05, 0.1) is 13.2 Å². The van der Waals surface area contributed by atoms with Gasteiger partial charge in [-0.3, -0.25) is 5.01 Å². The maximum Gasteiger partial charge on any atom is 0.128 e. The Morgan fingerprint density at radius 3 is 3.22 bits per heavy atom. The number of hydrazine groups is 2. The highest BCUT2D eigenvalue weighted by Gasteiger charge is 2.00. The van der Waals surface area contributed by atoms with Crippen LogP contribution in [0.2, 0.25) is 0 Å². The van der Waals surface area contributed by atoms with E-state index in [1.165, 1.54) is 0 Å². The average molecular weight is 130 g/mol. The van der Waals surface area contributed by atoms with E-state index in [9.17, 15) is 0 Å². The Bertz CT molecular complexity index is 105. The Kier molecular flexibility index (Phi) is 2.29. The second-order valence-corrected chi connectivity index (χ2v) is 1.65. The first kappa shape index (κ1) is 6.31. The van der Waals surface area contributed by atoms with E-state index < -0.39 is 0 Å². The summed E-state index contributed by atoms with van der Waals surface area (Å²) in [6.45, 7) is 1.49. The quantitative estimate of drug-likeness (QED) is 0.509. The molecule has 0 fully saturated rings. The average Bonchev–Trinajstić information content (AvgIpc) is 2.34. The molecule has 0 aromatic carbocycles. The molecular weight excluding hydrogens is 120 g/mol. The third kappa shape index (κ3) is 1.87. The summed E-state index contributed by atoms with van der Waals surface area (Å²) < 4.78 is 4.83. The lowest BCUT2D eigenvalue weighted by molar-refractivity contribution is 0.159. The molecule has 0 atom stereocenters. The largest absolute Gasteiger partial charge is 0.383 e. The summed E-state index contributed by atoms with van der Waals surface area (Å²) in [5, 5.41) is 5.50. The first-order valence-electron chi connectivity index (χ1n) is 2.73. The lowest BCUT2D eigenvalue weighted by Gasteiger charge is -2.11. The molecule has 0 aromatic rings. The highest BCUT2D eigenvalue weighted by Crippen LogP contribution is 1.80. The molecule has 1 aliphatic heterocycles. The normalized spacial score (nSPS) is 16.3. The van der Waals surface area contributed by atoms with Gasteiger partial charge in [-0.15, -0.1) is 5.53 Å². The van der Waals surface area contributed by atoms with E-state index in [-0.39, 0.29) is 0 Å². The minimum Gasteiger partial charge on any atom is -0.383 e. The summed E-state index contributed by atoms with van der Waals surface area (Å²) in [5.74, 6) is 0. The summed E-state index contributed by atoms with van der Waals surface area (Å²) in [7, 11) is 1.67. The van der Waals surface area contributed by atoms with Crippen molar-refractivity contribution < 1.29 is 4.74 Å². The second kappa shape index (κ2) is 3.26. The predicted molar refractivity (Wildman–Crippen MR) is 33.3 cm³/mol. The molecule has 1 aliphatic rings. The number of nitrogens with one attached hydrogen (secondary N) is 2.